The van der Waals surface area contributed by atoms with Gasteiger partial charge in [0.05, 0.1) is 6.61 Å². The quantitative estimate of drug-likeness (QED) is 0.719. The molecule has 1 heterocycles. The van der Waals surface area contributed by atoms with Crippen molar-refractivity contribution in [1.29, 1.82) is 0 Å². The normalized spacial score (nSPS) is 10.8. The highest BCUT2D eigenvalue weighted by atomic mass is 79.9. The second-order valence-electron chi connectivity index (χ2n) is 4.63. The molecule has 0 saturated heterocycles. The van der Waals surface area contributed by atoms with Gasteiger partial charge in [-0.1, -0.05) is 19.9 Å². The summed E-state index contributed by atoms with van der Waals surface area (Å²) in [5.41, 5.74) is 1.11. The molecule has 0 aromatic carbocycles. The molecule has 0 aliphatic rings. The number of aliphatic hydroxyl groups is 1. The van der Waals surface area contributed by atoms with Crippen LogP contribution in [0.1, 0.15) is 19.4 Å². The van der Waals surface area contributed by atoms with Crippen molar-refractivity contribution in [3.8, 4) is 0 Å². The van der Waals surface area contributed by atoms with Gasteiger partial charge < -0.3 is 15.3 Å². The van der Waals surface area contributed by atoms with E-state index in [1.165, 1.54) is 0 Å². The molecule has 0 atom stereocenters. The molecule has 0 unspecified atom stereocenters. The lowest BCUT2D eigenvalue weighted by Crippen LogP contribution is -2.30. The molecule has 0 aliphatic carbocycles. The maximum atomic E-state index is 9.16. The third kappa shape index (κ3) is 5.30. The summed E-state index contributed by atoms with van der Waals surface area (Å²) in [5, 5.41) is 12.6. The minimum Gasteiger partial charge on any atom is -0.395 e. The molecule has 0 bridgehead atoms. The van der Waals surface area contributed by atoms with Crippen LogP contribution in [0.15, 0.2) is 29.4 Å². The Morgan fingerprint density at radius 3 is 2.89 bits per heavy atom. The van der Waals surface area contributed by atoms with E-state index in [4.69, 9.17) is 5.11 Å². The summed E-state index contributed by atoms with van der Waals surface area (Å²) in [6, 6.07) is 2.48. The first-order valence-corrected chi connectivity index (χ1v) is 7.22. The molecule has 0 aliphatic heterocycles. The van der Waals surface area contributed by atoms with E-state index in [2.05, 4.69) is 52.7 Å². The number of aliphatic hydroxyl groups excluding tert-OH is 1. The van der Waals surface area contributed by atoms with Gasteiger partial charge in [-0.25, -0.2) is 4.98 Å². The Morgan fingerprint density at radius 2 is 2.32 bits per heavy atom. The minimum atomic E-state index is 0.0998. The lowest BCUT2D eigenvalue weighted by molar-refractivity contribution is 0.302. The van der Waals surface area contributed by atoms with E-state index in [0.717, 1.165) is 22.4 Å². The zero-order chi connectivity index (χ0) is 14.3. The Hall–Kier alpha value is -0.910. The topological polar surface area (TPSA) is 48.4 Å². The summed E-state index contributed by atoms with van der Waals surface area (Å²) in [5.74, 6) is 0.894. The third-order valence-corrected chi connectivity index (χ3v) is 3.06. The molecule has 106 valence electrons. The van der Waals surface area contributed by atoms with E-state index in [9.17, 15) is 0 Å². The van der Waals surface area contributed by atoms with E-state index in [0.29, 0.717) is 19.1 Å². The van der Waals surface area contributed by atoms with E-state index in [1.807, 2.05) is 11.0 Å². The van der Waals surface area contributed by atoms with Crippen LogP contribution in [0.4, 0.5) is 5.82 Å². The van der Waals surface area contributed by atoms with E-state index < -0.39 is 0 Å². The highest BCUT2D eigenvalue weighted by Crippen LogP contribution is 2.21. The summed E-state index contributed by atoms with van der Waals surface area (Å²) in [6.45, 7) is 10.0. The van der Waals surface area contributed by atoms with Crippen LogP contribution >= 0.6 is 15.9 Å². The van der Waals surface area contributed by atoms with Crippen LogP contribution in [-0.2, 0) is 6.54 Å². The highest BCUT2D eigenvalue weighted by molar-refractivity contribution is 9.10. The van der Waals surface area contributed by atoms with Crippen molar-refractivity contribution in [2.75, 3.05) is 24.6 Å². The van der Waals surface area contributed by atoms with Crippen LogP contribution in [0.3, 0.4) is 0 Å². The molecular formula is C14H22BrN3O. The molecular weight excluding hydrogens is 306 g/mol. The molecule has 0 saturated carbocycles. The Kier molecular flexibility index (Phi) is 7.05. The SMILES string of the molecule is C=CCN(CCO)c1ncc(Br)cc1CNC(C)C. The number of pyridine rings is 1. The predicted octanol–water partition coefficient (Wildman–Crippen LogP) is 2.33. The summed E-state index contributed by atoms with van der Waals surface area (Å²) in [6.07, 6.45) is 3.60. The third-order valence-electron chi connectivity index (χ3n) is 2.63. The number of hydrogen-bond donors (Lipinski definition) is 2. The molecule has 1 rings (SSSR count). The smallest absolute Gasteiger partial charge is 0.133 e. The van der Waals surface area contributed by atoms with Crippen LogP contribution in [-0.4, -0.2) is 35.8 Å². The predicted molar refractivity (Wildman–Crippen MR) is 83.4 cm³/mol. The first-order chi connectivity index (χ1) is 9.08. The number of nitrogens with one attached hydrogen (secondary N) is 1. The second kappa shape index (κ2) is 8.30. The van der Waals surface area contributed by atoms with Gasteiger partial charge in [-0.2, -0.15) is 0 Å². The molecule has 1 aromatic heterocycles. The summed E-state index contributed by atoms with van der Waals surface area (Å²) in [7, 11) is 0. The van der Waals surface area contributed by atoms with Crippen LogP contribution in [0.25, 0.3) is 0 Å². The van der Waals surface area contributed by atoms with Gasteiger partial charge in [0.15, 0.2) is 0 Å². The Bertz CT molecular complexity index is 410. The summed E-state index contributed by atoms with van der Waals surface area (Å²) >= 11 is 3.45. The minimum absolute atomic E-state index is 0.0998. The number of hydrogen-bond acceptors (Lipinski definition) is 4. The largest absolute Gasteiger partial charge is 0.395 e. The molecule has 19 heavy (non-hydrogen) atoms. The molecule has 5 heteroatoms. The van der Waals surface area contributed by atoms with Crippen molar-refractivity contribution in [2.45, 2.75) is 26.4 Å². The van der Waals surface area contributed by atoms with Gasteiger partial charge in [0.2, 0.25) is 0 Å². The average molecular weight is 328 g/mol. The molecule has 0 amide bonds. The molecule has 1 aromatic rings. The van der Waals surface area contributed by atoms with Crippen molar-refractivity contribution in [3.63, 3.8) is 0 Å². The lowest BCUT2D eigenvalue weighted by atomic mass is 10.2. The van der Waals surface area contributed by atoms with Crippen molar-refractivity contribution in [3.05, 3.63) is 35.0 Å². The van der Waals surface area contributed by atoms with Crippen molar-refractivity contribution in [2.24, 2.45) is 0 Å². The number of anilines is 1. The average Bonchev–Trinajstić information content (AvgIpc) is 2.36. The second-order valence-corrected chi connectivity index (χ2v) is 5.55. The maximum Gasteiger partial charge on any atom is 0.133 e. The van der Waals surface area contributed by atoms with Crippen molar-refractivity contribution >= 4 is 21.7 Å². The first-order valence-electron chi connectivity index (χ1n) is 6.43. The van der Waals surface area contributed by atoms with E-state index >= 15 is 0 Å². The lowest BCUT2D eigenvalue weighted by Gasteiger charge is -2.24. The van der Waals surface area contributed by atoms with Gasteiger partial charge >= 0.3 is 0 Å². The number of rotatable bonds is 8. The Labute approximate surface area is 123 Å². The van der Waals surface area contributed by atoms with Crippen molar-refractivity contribution in [1.82, 2.24) is 10.3 Å². The zero-order valence-electron chi connectivity index (χ0n) is 11.6. The fourth-order valence-electron chi connectivity index (χ4n) is 1.76. The van der Waals surface area contributed by atoms with Gasteiger partial charge in [0.25, 0.3) is 0 Å². The highest BCUT2D eigenvalue weighted by Gasteiger charge is 2.12. The fourth-order valence-corrected chi connectivity index (χ4v) is 2.14. The zero-order valence-corrected chi connectivity index (χ0v) is 13.2. The van der Waals surface area contributed by atoms with Crippen LogP contribution in [0.2, 0.25) is 0 Å². The Balaban J connectivity index is 2.98. The molecule has 0 spiro atoms. The van der Waals surface area contributed by atoms with Gasteiger partial charge in [-0.15, -0.1) is 6.58 Å². The maximum absolute atomic E-state index is 9.16. The summed E-state index contributed by atoms with van der Waals surface area (Å²) in [4.78, 5) is 6.50. The number of halogens is 1. The van der Waals surface area contributed by atoms with Crippen LogP contribution in [0.5, 0.6) is 0 Å². The first kappa shape index (κ1) is 16.1. The van der Waals surface area contributed by atoms with Crippen LogP contribution in [0, 0.1) is 0 Å². The Morgan fingerprint density at radius 1 is 1.58 bits per heavy atom. The van der Waals surface area contributed by atoms with E-state index in [1.54, 1.807) is 6.20 Å². The van der Waals surface area contributed by atoms with E-state index in [-0.39, 0.29) is 6.61 Å². The number of aromatic nitrogens is 1. The fraction of sp³-hybridized carbons (Fsp3) is 0.500. The van der Waals surface area contributed by atoms with Gasteiger partial charge in [-0.3, -0.25) is 0 Å². The van der Waals surface area contributed by atoms with Gasteiger partial charge in [-0.05, 0) is 22.0 Å². The number of nitrogens with zero attached hydrogens (tertiary/aromatic N) is 2. The molecule has 0 radical (unpaired) electrons. The monoisotopic (exact) mass is 327 g/mol. The standard InChI is InChI=1S/C14H22BrN3O/c1-4-5-18(6-7-19)14-12(9-16-11(2)3)8-13(15)10-17-14/h4,8,10-11,16,19H,1,5-7,9H2,2-3H3. The van der Waals surface area contributed by atoms with Crippen LogP contribution < -0.4 is 10.2 Å². The molecule has 4 nitrogen and oxygen atoms in total. The van der Waals surface area contributed by atoms with Gasteiger partial charge in [0, 0.05) is 41.9 Å². The molecule has 2 N–H and O–H groups in total. The van der Waals surface area contributed by atoms with Gasteiger partial charge in [0.1, 0.15) is 5.82 Å². The van der Waals surface area contributed by atoms with Crippen molar-refractivity contribution < 1.29 is 5.11 Å². The molecule has 0 fully saturated rings. The summed E-state index contributed by atoms with van der Waals surface area (Å²) < 4.78 is 0.958.